The van der Waals surface area contributed by atoms with E-state index in [0.29, 0.717) is 37.1 Å². The molecule has 2 fully saturated rings. The maximum Gasteiger partial charge on any atom is 0.264 e. The number of Topliss-reactive ketones (excluding diaryl/α,β-unsaturated/α-hetero) is 1. The molecule has 2 aromatic rings. The zero-order chi connectivity index (χ0) is 23.4. The van der Waals surface area contributed by atoms with E-state index in [1.54, 1.807) is 6.07 Å². The van der Waals surface area contributed by atoms with Crippen molar-refractivity contribution in [3.05, 3.63) is 52.3 Å². The van der Waals surface area contributed by atoms with E-state index >= 15 is 0 Å². The second kappa shape index (κ2) is 8.21. The van der Waals surface area contributed by atoms with E-state index in [0.717, 1.165) is 24.1 Å². The molecule has 1 saturated heterocycles. The number of piperidine rings is 1. The van der Waals surface area contributed by atoms with Crippen LogP contribution < -0.4 is 14.8 Å². The third kappa shape index (κ3) is 3.90. The maximum absolute atomic E-state index is 14.4. The molecule has 2 unspecified atom stereocenters. The average molecular weight is 497 g/mol. The van der Waals surface area contributed by atoms with Gasteiger partial charge in [0.1, 0.15) is 34.5 Å². The molecule has 3 aliphatic rings. The van der Waals surface area contributed by atoms with Crippen molar-refractivity contribution in [3.8, 4) is 5.75 Å². The van der Waals surface area contributed by atoms with Gasteiger partial charge in [0.05, 0.1) is 11.1 Å². The summed E-state index contributed by atoms with van der Waals surface area (Å²) in [6.45, 7) is 0.760. The van der Waals surface area contributed by atoms with Crippen LogP contribution in [0.3, 0.4) is 0 Å². The first kappa shape index (κ1) is 22.6. The van der Waals surface area contributed by atoms with E-state index < -0.39 is 38.4 Å². The highest BCUT2D eigenvalue weighted by Crippen LogP contribution is 2.53. The summed E-state index contributed by atoms with van der Waals surface area (Å²) in [4.78, 5) is 12.3. The van der Waals surface area contributed by atoms with Gasteiger partial charge in [0.15, 0.2) is 0 Å². The van der Waals surface area contributed by atoms with Crippen molar-refractivity contribution in [2.75, 3.05) is 17.8 Å². The van der Waals surface area contributed by atoms with Gasteiger partial charge in [0, 0.05) is 29.6 Å². The summed E-state index contributed by atoms with van der Waals surface area (Å²) in [6.07, 6.45) is 0.941. The van der Waals surface area contributed by atoms with Gasteiger partial charge < -0.3 is 10.1 Å². The number of carbonyl (C=O) groups is 1. The molecular weight excluding hydrogens is 474 g/mol. The first-order valence-electron chi connectivity index (χ1n) is 10.9. The van der Waals surface area contributed by atoms with Gasteiger partial charge in [0.2, 0.25) is 0 Å². The Morgan fingerprint density at radius 1 is 1.21 bits per heavy atom. The van der Waals surface area contributed by atoms with Crippen molar-refractivity contribution in [3.63, 3.8) is 0 Å². The number of rotatable bonds is 5. The lowest BCUT2D eigenvalue weighted by Crippen LogP contribution is -2.44. The molecule has 2 aromatic carbocycles. The van der Waals surface area contributed by atoms with Crippen molar-refractivity contribution >= 4 is 33.1 Å². The van der Waals surface area contributed by atoms with Gasteiger partial charge in [-0.2, -0.15) is 0 Å². The zero-order valence-corrected chi connectivity index (χ0v) is 19.2. The molecule has 0 radical (unpaired) electrons. The Hall–Kier alpha value is -2.23. The normalized spacial score (nSPS) is 23.8. The number of sulfonamides is 1. The Balaban J connectivity index is 1.55. The number of alkyl halides is 1. The number of nitrogens with one attached hydrogen (secondary N) is 2. The van der Waals surface area contributed by atoms with Crippen molar-refractivity contribution in [2.24, 2.45) is 0 Å². The quantitative estimate of drug-likeness (QED) is 0.655. The van der Waals surface area contributed by atoms with Gasteiger partial charge in [-0.05, 0) is 55.6 Å². The van der Waals surface area contributed by atoms with E-state index in [2.05, 4.69) is 10.0 Å². The fourth-order valence-corrected chi connectivity index (χ4v) is 6.23. The number of carbonyl (C=O) groups excluding carboxylic acids is 1. The molecular formula is C23H23ClF2N2O4S. The Labute approximate surface area is 195 Å². The molecule has 2 atom stereocenters. The lowest BCUT2D eigenvalue weighted by Gasteiger charge is -2.38. The van der Waals surface area contributed by atoms with E-state index in [4.69, 9.17) is 16.3 Å². The topological polar surface area (TPSA) is 84.5 Å². The van der Waals surface area contributed by atoms with E-state index in [-0.39, 0.29) is 29.5 Å². The van der Waals surface area contributed by atoms with Crippen molar-refractivity contribution < 1.29 is 26.7 Å². The number of ether oxygens (including phenoxy) is 1. The Kier molecular flexibility index (Phi) is 5.61. The molecule has 33 heavy (non-hydrogen) atoms. The third-order valence-corrected chi connectivity index (χ3v) is 8.51. The van der Waals surface area contributed by atoms with Crippen LogP contribution >= 0.6 is 11.6 Å². The van der Waals surface area contributed by atoms with Crippen LogP contribution in [0.15, 0.2) is 35.2 Å². The minimum Gasteiger partial charge on any atom is -0.487 e. The lowest BCUT2D eigenvalue weighted by molar-refractivity contribution is -0.125. The Morgan fingerprint density at radius 3 is 2.67 bits per heavy atom. The Morgan fingerprint density at radius 2 is 2.00 bits per heavy atom. The van der Waals surface area contributed by atoms with Crippen LogP contribution in [0.4, 0.5) is 14.5 Å². The SMILES string of the molecule is O=C1Cc2c(OC3CCNCC3F)cc(NS(=O)(=O)c3ccc(Cl)cc3F)cc2C12CCC2. The van der Waals surface area contributed by atoms with E-state index in [9.17, 15) is 22.0 Å². The predicted molar refractivity (Wildman–Crippen MR) is 120 cm³/mol. The highest BCUT2D eigenvalue weighted by atomic mass is 35.5. The Bertz CT molecular complexity index is 1230. The number of fused-ring (bicyclic) bond motifs is 2. The molecule has 1 heterocycles. The summed E-state index contributed by atoms with van der Waals surface area (Å²) in [5.41, 5.74) is 0.897. The van der Waals surface area contributed by atoms with Gasteiger partial charge in [-0.1, -0.05) is 18.0 Å². The second-order valence-corrected chi connectivity index (χ2v) is 11.0. The third-order valence-electron chi connectivity index (χ3n) is 6.87. The fourth-order valence-electron chi connectivity index (χ4n) is 4.97. The molecule has 1 spiro atoms. The first-order valence-corrected chi connectivity index (χ1v) is 12.8. The van der Waals surface area contributed by atoms with Crippen LogP contribution in [-0.4, -0.2) is 39.6 Å². The van der Waals surface area contributed by atoms with Crippen LogP contribution in [-0.2, 0) is 26.7 Å². The molecule has 6 nitrogen and oxygen atoms in total. The fraction of sp³-hybridized carbons (Fsp3) is 0.435. The molecule has 10 heteroatoms. The van der Waals surface area contributed by atoms with Gasteiger partial charge >= 0.3 is 0 Å². The average Bonchev–Trinajstić information content (AvgIpc) is 3.01. The number of ketones is 1. The molecule has 1 aliphatic heterocycles. The molecule has 0 aromatic heterocycles. The van der Waals surface area contributed by atoms with Gasteiger partial charge in [-0.15, -0.1) is 0 Å². The standard InChI is InChI=1S/C23H23ClF2N2O4S/c24-13-2-3-21(17(25)8-13)33(30,31)28-14-9-16-15(11-22(29)23(16)5-1-6-23)20(10-14)32-19-4-7-27-12-18(19)26/h2-3,8-10,18-19,27-28H,1,4-7,11-12H2. The smallest absolute Gasteiger partial charge is 0.264 e. The number of hydrogen-bond acceptors (Lipinski definition) is 5. The molecule has 176 valence electrons. The van der Waals surface area contributed by atoms with Gasteiger partial charge in [-0.25, -0.2) is 17.2 Å². The zero-order valence-electron chi connectivity index (χ0n) is 17.7. The number of anilines is 1. The number of hydrogen-bond donors (Lipinski definition) is 2. The molecule has 2 N–H and O–H groups in total. The molecule has 0 amide bonds. The van der Waals surface area contributed by atoms with Crippen LogP contribution in [0, 0.1) is 5.82 Å². The van der Waals surface area contributed by atoms with Crippen LogP contribution in [0.5, 0.6) is 5.75 Å². The minimum atomic E-state index is -4.29. The predicted octanol–water partition coefficient (Wildman–Crippen LogP) is 3.91. The van der Waals surface area contributed by atoms with E-state index in [1.807, 2.05) is 0 Å². The van der Waals surface area contributed by atoms with Crippen molar-refractivity contribution in [1.29, 1.82) is 0 Å². The lowest BCUT2D eigenvalue weighted by atomic mass is 9.64. The number of halogens is 3. The molecule has 2 aliphatic carbocycles. The van der Waals surface area contributed by atoms with Gasteiger partial charge in [0.25, 0.3) is 10.0 Å². The summed E-state index contributed by atoms with van der Waals surface area (Å²) in [7, 11) is -4.29. The van der Waals surface area contributed by atoms with Crippen LogP contribution in [0.25, 0.3) is 0 Å². The monoisotopic (exact) mass is 496 g/mol. The summed E-state index contributed by atoms with van der Waals surface area (Å²) in [5, 5.41) is 3.04. The maximum atomic E-state index is 14.4. The highest BCUT2D eigenvalue weighted by Gasteiger charge is 2.51. The summed E-state index contributed by atoms with van der Waals surface area (Å²) in [6, 6.07) is 6.40. The summed E-state index contributed by atoms with van der Waals surface area (Å²) in [5.74, 6) is -0.610. The summed E-state index contributed by atoms with van der Waals surface area (Å²) < 4.78 is 63.0. The highest BCUT2D eigenvalue weighted by molar-refractivity contribution is 7.92. The van der Waals surface area contributed by atoms with Crippen molar-refractivity contribution in [1.82, 2.24) is 5.32 Å². The first-order chi connectivity index (χ1) is 15.7. The summed E-state index contributed by atoms with van der Waals surface area (Å²) >= 11 is 5.74. The van der Waals surface area contributed by atoms with Gasteiger partial charge in [-0.3, -0.25) is 9.52 Å². The van der Waals surface area contributed by atoms with Crippen LogP contribution in [0.1, 0.15) is 36.8 Å². The molecule has 1 saturated carbocycles. The minimum absolute atomic E-state index is 0.0689. The molecule has 0 bridgehead atoms. The molecule has 5 rings (SSSR count). The van der Waals surface area contributed by atoms with E-state index in [1.165, 1.54) is 12.1 Å². The van der Waals surface area contributed by atoms with Crippen LogP contribution in [0.2, 0.25) is 5.02 Å². The second-order valence-electron chi connectivity index (χ2n) is 8.88. The number of benzene rings is 2. The van der Waals surface area contributed by atoms with Crippen molar-refractivity contribution in [2.45, 2.75) is 54.7 Å². The largest absolute Gasteiger partial charge is 0.487 e.